The highest BCUT2D eigenvalue weighted by molar-refractivity contribution is 7.92. The Hall–Kier alpha value is -3.95. The maximum absolute atomic E-state index is 13.2. The Bertz CT molecular complexity index is 1330. The van der Waals surface area contributed by atoms with E-state index in [4.69, 9.17) is 41.5 Å². The molecule has 0 radical (unpaired) electrons. The summed E-state index contributed by atoms with van der Waals surface area (Å²) in [5.74, 6) is -1.49. The number of nitriles is 1. The van der Waals surface area contributed by atoms with Crippen molar-refractivity contribution in [3.8, 4) is 23.3 Å². The average Bonchev–Trinajstić information content (AvgIpc) is 2.82. The van der Waals surface area contributed by atoms with Gasteiger partial charge in [-0.25, -0.2) is 13.2 Å². The summed E-state index contributed by atoms with van der Waals surface area (Å²) in [6.07, 6.45) is 0. The third-order valence-corrected chi connectivity index (χ3v) is 6.21. The van der Waals surface area contributed by atoms with Crippen molar-refractivity contribution in [3.63, 3.8) is 0 Å². The zero-order valence-electron chi connectivity index (χ0n) is 19.2. The minimum atomic E-state index is -4.34. The number of hydrogen-bond acceptors (Lipinski definition) is 10. The molecule has 186 valence electrons. The van der Waals surface area contributed by atoms with Crippen LogP contribution in [0.1, 0.15) is 17.3 Å². The molecule has 3 N–H and O–H groups in total. The second-order valence-electron chi connectivity index (χ2n) is 6.83. The third-order valence-electron chi connectivity index (χ3n) is 4.53. The first kappa shape index (κ1) is 27.3. The Balaban J connectivity index is 2.38. The number of Topliss-reactive ketones (excluding diaryl/α,β-unsaturated/α-hetero) is 1. The van der Waals surface area contributed by atoms with E-state index in [2.05, 4.69) is 4.72 Å². The fourth-order valence-corrected chi connectivity index (χ4v) is 4.31. The first-order valence-electron chi connectivity index (χ1n) is 9.68. The zero-order valence-corrected chi connectivity index (χ0v) is 20.7. The largest absolute Gasteiger partial charge is 0.495 e. The molecular weight excluding hydrogens is 502 g/mol. The summed E-state index contributed by atoms with van der Waals surface area (Å²) in [6, 6.07) is 7.85. The number of anilines is 1. The number of ether oxygens (including phenoxy) is 4. The van der Waals surface area contributed by atoms with Crippen molar-refractivity contribution >= 4 is 39.1 Å². The van der Waals surface area contributed by atoms with E-state index < -0.39 is 33.3 Å². The van der Waals surface area contributed by atoms with Crippen molar-refractivity contribution in [1.82, 2.24) is 0 Å². The maximum atomic E-state index is 13.2. The topological polar surface area (TPSA) is 167 Å². The second kappa shape index (κ2) is 11.5. The molecule has 13 heteroatoms. The van der Waals surface area contributed by atoms with Gasteiger partial charge in [-0.05, 0) is 31.2 Å². The van der Waals surface area contributed by atoms with E-state index in [1.165, 1.54) is 52.5 Å². The van der Waals surface area contributed by atoms with E-state index in [-0.39, 0.29) is 44.8 Å². The van der Waals surface area contributed by atoms with E-state index in [0.717, 1.165) is 6.07 Å². The molecule has 0 atom stereocenters. The number of nitrogens with zero attached hydrogens (tertiary/aromatic N) is 1. The second-order valence-corrected chi connectivity index (χ2v) is 8.89. The molecule has 0 aliphatic carbocycles. The van der Waals surface area contributed by atoms with Crippen LogP contribution in [0.25, 0.3) is 0 Å². The predicted octanol–water partition coefficient (Wildman–Crippen LogP) is 2.65. The van der Waals surface area contributed by atoms with Gasteiger partial charge in [-0.2, -0.15) is 5.26 Å². The number of nitrogens with one attached hydrogen (secondary N) is 1. The summed E-state index contributed by atoms with van der Waals surface area (Å²) in [4.78, 5) is 24.1. The first-order valence-corrected chi connectivity index (χ1v) is 11.5. The first-order chi connectivity index (χ1) is 16.5. The number of ketones is 1. The van der Waals surface area contributed by atoms with Gasteiger partial charge in [-0.15, -0.1) is 0 Å². The van der Waals surface area contributed by atoms with Crippen LogP contribution < -0.4 is 24.7 Å². The van der Waals surface area contributed by atoms with Crippen LogP contribution in [0.3, 0.4) is 0 Å². The molecule has 0 aromatic heterocycles. The fraction of sp³-hybridized carbons (Fsp3) is 0.227. The Labute approximate surface area is 207 Å². The predicted molar refractivity (Wildman–Crippen MR) is 126 cm³/mol. The summed E-state index contributed by atoms with van der Waals surface area (Å²) in [5, 5.41) is 9.10. The smallest absolute Gasteiger partial charge is 0.338 e. The summed E-state index contributed by atoms with van der Waals surface area (Å²) in [5.41, 5.74) is 4.91. The molecule has 11 nitrogen and oxygen atoms in total. The Morgan fingerprint density at radius 1 is 1.06 bits per heavy atom. The number of allylic oxidation sites excluding steroid dienone is 1. The van der Waals surface area contributed by atoms with Crippen LogP contribution in [0, 0.1) is 11.3 Å². The lowest BCUT2D eigenvalue weighted by molar-refractivity contribution is -0.118. The lowest BCUT2D eigenvalue weighted by atomic mass is 10.1. The number of carbonyl (C=O) groups is 2. The van der Waals surface area contributed by atoms with Crippen molar-refractivity contribution in [2.45, 2.75) is 11.8 Å². The SMILES string of the molecule is COc1cc(OC)c(NS(=O)(=O)c2cc(C(=O)OCC(=O)/C(C#N)=C(/C)N)ccc2OC)cc1Cl. The molecule has 0 aliphatic heterocycles. The molecule has 2 aromatic carbocycles. The molecule has 0 heterocycles. The van der Waals surface area contributed by atoms with Crippen molar-refractivity contribution in [3.05, 3.63) is 52.2 Å². The molecule has 35 heavy (non-hydrogen) atoms. The van der Waals surface area contributed by atoms with Crippen molar-refractivity contribution < 1.29 is 37.0 Å². The number of esters is 1. The van der Waals surface area contributed by atoms with Gasteiger partial charge in [-0.3, -0.25) is 9.52 Å². The molecule has 0 fully saturated rings. The average molecular weight is 524 g/mol. The lowest BCUT2D eigenvalue weighted by Crippen LogP contribution is -2.19. The number of methoxy groups -OCH3 is 3. The molecule has 0 bridgehead atoms. The fourth-order valence-electron chi connectivity index (χ4n) is 2.81. The minimum absolute atomic E-state index is 0.00639. The molecule has 0 aliphatic rings. The van der Waals surface area contributed by atoms with Crippen LogP contribution in [-0.2, 0) is 19.6 Å². The number of hydrogen-bond donors (Lipinski definition) is 2. The molecular formula is C22H22ClN3O8S. The summed E-state index contributed by atoms with van der Waals surface area (Å²) in [6.45, 7) is 0.598. The van der Waals surface area contributed by atoms with Gasteiger partial charge in [0.25, 0.3) is 10.0 Å². The Morgan fingerprint density at radius 2 is 1.69 bits per heavy atom. The number of benzene rings is 2. The highest BCUT2D eigenvalue weighted by atomic mass is 35.5. The number of carbonyl (C=O) groups excluding carboxylic acids is 2. The number of nitrogens with two attached hydrogens (primary N) is 1. The molecule has 0 amide bonds. The van der Waals surface area contributed by atoms with Crippen LogP contribution in [-0.4, -0.2) is 48.1 Å². The van der Waals surface area contributed by atoms with Gasteiger partial charge in [0.2, 0.25) is 5.78 Å². The summed E-state index contributed by atoms with van der Waals surface area (Å²) < 4.78 is 49.0. The quantitative estimate of drug-likeness (QED) is 0.268. The highest BCUT2D eigenvalue weighted by Gasteiger charge is 2.25. The molecule has 0 spiro atoms. The van der Waals surface area contributed by atoms with Crippen molar-refractivity contribution in [1.29, 1.82) is 5.26 Å². The Kier molecular flexibility index (Phi) is 8.93. The molecule has 0 saturated carbocycles. The summed E-state index contributed by atoms with van der Waals surface area (Å²) in [7, 11) is -0.364. The standard InChI is InChI=1S/C22H22ClN3O8S/c1-12(25)14(10-24)17(27)11-34-22(28)13-5-6-18(31-2)21(7-13)35(29,30)26-16-8-15(23)19(32-3)9-20(16)33-4/h5-9,26H,11,25H2,1-4H3/b14-12-. The number of halogens is 1. The number of rotatable bonds is 10. The van der Waals surface area contributed by atoms with E-state index in [1.54, 1.807) is 6.07 Å². The molecule has 0 saturated heterocycles. The van der Waals surface area contributed by atoms with Gasteiger partial charge in [-0.1, -0.05) is 11.6 Å². The third kappa shape index (κ3) is 6.34. The summed E-state index contributed by atoms with van der Waals surface area (Å²) >= 11 is 6.11. The van der Waals surface area contributed by atoms with E-state index in [9.17, 15) is 18.0 Å². The van der Waals surface area contributed by atoms with Gasteiger partial charge in [0.05, 0.1) is 37.6 Å². The molecule has 2 aromatic rings. The van der Waals surface area contributed by atoms with E-state index >= 15 is 0 Å². The van der Waals surface area contributed by atoms with Gasteiger partial charge >= 0.3 is 5.97 Å². The maximum Gasteiger partial charge on any atom is 0.338 e. The van der Waals surface area contributed by atoms with Crippen LogP contribution >= 0.6 is 11.6 Å². The van der Waals surface area contributed by atoms with Crippen molar-refractivity contribution in [2.24, 2.45) is 5.73 Å². The van der Waals surface area contributed by atoms with Crippen LogP contribution in [0.4, 0.5) is 5.69 Å². The monoisotopic (exact) mass is 523 g/mol. The molecule has 0 unspecified atom stereocenters. The van der Waals surface area contributed by atoms with Gasteiger partial charge in [0, 0.05) is 11.8 Å². The minimum Gasteiger partial charge on any atom is -0.495 e. The zero-order chi connectivity index (χ0) is 26.3. The van der Waals surface area contributed by atoms with Crippen LogP contribution in [0.5, 0.6) is 17.2 Å². The lowest BCUT2D eigenvalue weighted by Gasteiger charge is -2.16. The molecule has 2 rings (SSSR count). The van der Waals surface area contributed by atoms with Gasteiger partial charge < -0.3 is 24.7 Å². The van der Waals surface area contributed by atoms with E-state index in [0.29, 0.717) is 0 Å². The van der Waals surface area contributed by atoms with Gasteiger partial charge in [0.15, 0.2) is 6.61 Å². The van der Waals surface area contributed by atoms with E-state index in [1.807, 2.05) is 0 Å². The Morgan fingerprint density at radius 3 is 2.23 bits per heavy atom. The normalized spacial score (nSPS) is 11.5. The van der Waals surface area contributed by atoms with Gasteiger partial charge in [0.1, 0.15) is 33.8 Å². The highest BCUT2D eigenvalue weighted by Crippen LogP contribution is 2.37. The van der Waals surface area contributed by atoms with Crippen LogP contribution in [0.15, 0.2) is 46.5 Å². The number of sulfonamides is 1. The van der Waals surface area contributed by atoms with Crippen LogP contribution in [0.2, 0.25) is 5.02 Å². The van der Waals surface area contributed by atoms with Crippen molar-refractivity contribution in [2.75, 3.05) is 32.7 Å².